The third kappa shape index (κ3) is 4.88. The second kappa shape index (κ2) is 8.89. The van der Waals surface area contributed by atoms with Crippen LogP contribution in [0, 0.1) is 0 Å². The Bertz CT molecular complexity index is 957. The molecule has 1 atom stereocenters. The highest BCUT2D eigenvalue weighted by Gasteiger charge is 2.24. The lowest BCUT2D eigenvalue weighted by Crippen LogP contribution is -2.43. The molecule has 140 valence electrons. The standard InChI is InChI=1S/C21H22N2O4/c1-2-26-20(24)19(12-16-13-22-18-11-7-6-10-17(16)18)23-21(25)27-14-15-8-4-3-5-9-15/h3-11,13,19,22H,2,12,14H2,1H3,(H,23,25)/t19-/m0/s1/i19D. The Morgan fingerprint density at radius 2 is 1.85 bits per heavy atom. The molecule has 0 aliphatic heterocycles. The highest BCUT2D eigenvalue weighted by Crippen LogP contribution is 2.19. The molecule has 0 bridgehead atoms. The maximum Gasteiger partial charge on any atom is 0.408 e. The van der Waals surface area contributed by atoms with E-state index >= 15 is 0 Å². The Kier molecular flexibility index (Phi) is 5.65. The van der Waals surface area contributed by atoms with Gasteiger partial charge in [0.2, 0.25) is 0 Å². The highest BCUT2D eigenvalue weighted by atomic mass is 16.6. The molecule has 1 amide bonds. The number of aromatic nitrogens is 1. The molecule has 6 nitrogen and oxygen atoms in total. The zero-order valence-electron chi connectivity index (χ0n) is 16.0. The van der Waals surface area contributed by atoms with Crippen LogP contribution in [0.4, 0.5) is 4.79 Å². The summed E-state index contributed by atoms with van der Waals surface area (Å²) in [5, 5.41) is 3.25. The maximum atomic E-state index is 12.4. The fraction of sp³-hybridized carbons (Fsp3) is 0.238. The number of benzene rings is 2. The van der Waals surface area contributed by atoms with Gasteiger partial charge in [-0.15, -0.1) is 0 Å². The summed E-state index contributed by atoms with van der Waals surface area (Å²) < 4.78 is 18.8. The lowest BCUT2D eigenvalue weighted by atomic mass is 10.1. The minimum absolute atomic E-state index is 0.0403. The van der Waals surface area contributed by atoms with E-state index in [0.29, 0.717) is 0 Å². The predicted octanol–water partition coefficient (Wildman–Crippen LogP) is 3.57. The van der Waals surface area contributed by atoms with Crippen LogP contribution < -0.4 is 5.32 Å². The number of aromatic amines is 1. The fourth-order valence-corrected chi connectivity index (χ4v) is 2.74. The summed E-state index contributed by atoms with van der Waals surface area (Å²) in [6.07, 6.45) is 0.812. The molecule has 0 saturated heterocycles. The lowest BCUT2D eigenvalue weighted by Gasteiger charge is -2.17. The molecule has 0 unspecified atom stereocenters. The van der Waals surface area contributed by atoms with E-state index in [-0.39, 0.29) is 19.6 Å². The summed E-state index contributed by atoms with van der Waals surface area (Å²) in [4.78, 5) is 27.8. The minimum Gasteiger partial charge on any atom is -0.464 e. The molecule has 2 N–H and O–H groups in total. The summed E-state index contributed by atoms with van der Waals surface area (Å²) in [5.41, 5.74) is 2.42. The molecule has 1 aromatic heterocycles. The number of fused-ring (bicyclic) bond motifs is 1. The van der Waals surface area contributed by atoms with Crippen molar-refractivity contribution in [3.63, 3.8) is 0 Å². The molecule has 3 aromatic rings. The van der Waals surface area contributed by atoms with Crippen molar-refractivity contribution >= 4 is 23.0 Å². The first-order valence-electron chi connectivity index (χ1n) is 9.23. The van der Waals surface area contributed by atoms with Crippen LogP contribution in [0.25, 0.3) is 10.9 Å². The van der Waals surface area contributed by atoms with E-state index in [0.717, 1.165) is 22.0 Å². The van der Waals surface area contributed by atoms with Crippen molar-refractivity contribution in [2.24, 2.45) is 0 Å². The van der Waals surface area contributed by atoms with Crippen molar-refractivity contribution in [3.8, 4) is 0 Å². The Hall–Kier alpha value is -3.28. The lowest BCUT2D eigenvalue weighted by molar-refractivity contribution is -0.145. The van der Waals surface area contributed by atoms with Gasteiger partial charge in [-0.05, 0) is 24.1 Å². The number of rotatable bonds is 7. The van der Waals surface area contributed by atoms with Crippen molar-refractivity contribution in [2.75, 3.05) is 6.61 Å². The van der Waals surface area contributed by atoms with Crippen molar-refractivity contribution in [3.05, 3.63) is 71.9 Å². The summed E-state index contributed by atoms with van der Waals surface area (Å²) in [6, 6.07) is 14.7. The smallest absolute Gasteiger partial charge is 0.408 e. The summed E-state index contributed by atoms with van der Waals surface area (Å²) in [5.74, 6) is -0.836. The van der Waals surface area contributed by atoms with E-state index in [1.165, 1.54) is 0 Å². The summed E-state index contributed by atoms with van der Waals surface area (Å²) >= 11 is 0. The molecular weight excluding hydrogens is 344 g/mol. The molecule has 6 heteroatoms. The molecular formula is C21H22N2O4. The largest absolute Gasteiger partial charge is 0.464 e. The number of ether oxygens (including phenoxy) is 2. The second-order valence-corrected chi connectivity index (χ2v) is 5.92. The van der Waals surface area contributed by atoms with Crippen LogP contribution in [0.3, 0.4) is 0 Å². The molecule has 2 aromatic carbocycles. The molecule has 0 aliphatic rings. The topological polar surface area (TPSA) is 80.4 Å². The van der Waals surface area contributed by atoms with Crippen molar-refractivity contribution in [1.82, 2.24) is 10.3 Å². The third-order valence-electron chi connectivity index (χ3n) is 4.03. The van der Waals surface area contributed by atoms with Crippen LogP contribution >= 0.6 is 0 Å². The van der Waals surface area contributed by atoms with Crippen LogP contribution in [0.2, 0.25) is 0 Å². The van der Waals surface area contributed by atoms with E-state index in [1.54, 1.807) is 13.1 Å². The van der Waals surface area contributed by atoms with Crippen LogP contribution in [-0.4, -0.2) is 29.7 Å². The third-order valence-corrected chi connectivity index (χ3v) is 4.03. The molecule has 0 saturated carbocycles. The van der Waals surface area contributed by atoms with Gasteiger partial charge in [0.05, 0.1) is 7.98 Å². The Balaban J connectivity index is 1.75. The molecule has 0 aliphatic carbocycles. The van der Waals surface area contributed by atoms with E-state index in [1.807, 2.05) is 54.6 Å². The van der Waals surface area contributed by atoms with Crippen LogP contribution in [0.1, 0.15) is 19.4 Å². The molecule has 0 spiro atoms. The average Bonchev–Trinajstić information content (AvgIpc) is 3.10. The van der Waals surface area contributed by atoms with Gasteiger partial charge in [0.1, 0.15) is 12.6 Å². The van der Waals surface area contributed by atoms with E-state index in [2.05, 4.69) is 10.3 Å². The Morgan fingerprint density at radius 1 is 1.11 bits per heavy atom. The zero-order chi connectivity index (χ0) is 20.0. The number of hydrogen-bond acceptors (Lipinski definition) is 4. The monoisotopic (exact) mass is 367 g/mol. The summed E-state index contributed by atoms with van der Waals surface area (Å²) in [7, 11) is 0. The molecule has 1 heterocycles. The maximum absolute atomic E-state index is 12.4. The Morgan fingerprint density at radius 3 is 2.63 bits per heavy atom. The fourth-order valence-electron chi connectivity index (χ4n) is 2.74. The number of esters is 1. The van der Waals surface area contributed by atoms with Gasteiger partial charge in [0.25, 0.3) is 0 Å². The number of alkyl carbamates (subject to hydrolysis) is 1. The van der Waals surface area contributed by atoms with Gasteiger partial charge < -0.3 is 19.8 Å². The zero-order valence-corrected chi connectivity index (χ0v) is 15.0. The average molecular weight is 367 g/mol. The number of hydrogen-bond donors (Lipinski definition) is 2. The van der Waals surface area contributed by atoms with E-state index < -0.39 is 18.1 Å². The molecule has 0 fully saturated rings. The number of H-pyrrole nitrogens is 1. The van der Waals surface area contributed by atoms with E-state index in [9.17, 15) is 9.59 Å². The SMILES string of the molecule is [2H][C@@](Cc1c[nH]c2ccccc12)(NC(=O)OCc1ccccc1)C(=O)OCC. The normalized spacial score (nSPS) is 13.4. The minimum atomic E-state index is -2.01. The number of carbonyl (C=O) groups excluding carboxylic acids is 2. The van der Waals surface area contributed by atoms with Gasteiger partial charge in [-0.2, -0.15) is 0 Å². The first kappa shape index (κ1) is 17.1. The van der Waals surface area contributed by atoms with Gasteiger partial charge >= 0.3 is 12.1 Å². The first-order chi connectivity index (χ1) is 13.5. The Labute approximate surface area is 158 Å². The van der Waals surface area contributed by atoms with Crippen molar-refractivity contribution < 1.29 is 20.4 Å². The number of nitrogens with one attached hydrogen (secondary N) is 2. The van der Waals surface area contributed by atoms with Gasteiger partial charge in [0.15, 0.2) is 0 Å². The molecule has 27 heavy (non-hydrogen) atoms. The molecule has 3 rings (SSSR count). The number of amides is 1. The van der Waals surface area contributed by atoms with Gasteiger partial charge in [-0.1, -0.05) is 48.5 Å². The van der Waals surface area contributed by atoms with Gasteiger partial charge in [-0.25, -0.2) is 9.59 Å². The first-order valence-corrected chi connectivity index (χ1v) is 8.73. The van der Waals surface area contributed by atoms with Gasteiger partial charge in [-0.3, -0.25) is 0 Å². The van der Waals surface area contributed by atoms with Crippen LogP contribution in [0.15, 0.2) is 60.8 Å². The van der Waals surface area contributed by atoms with E-state index in [4.69, 9.17) is 10.8 Å². The van der Waals surface area contributed by atoms with Crippen LogP contribution in [0.5, 0.6) is 0 Å². The van der Waals surface area contributed by atoms with Crippen molar-refractivity contribution in [1.29, 1.82) is 0 Å². The second-order valence-electron chi connectivity index (χ2n) is 5.92. The number of para-hydroxylation sites is 1. The quantitative estimate of drug-likeness (QED) is 0.626. The highest BCUT2D eigenvalue weighted by molar-refractivity contribution is 5.86. The van der Waals surface area contributed by atoms with Gasteiger partial charge in [0, 0.05) is 23.5 Å². The van der Waals surface area contributed by atoms with Crippen LogP contribution in [-0.2, 0) is 27.3 Å². The van der Waals surface area contributed by atoms with Crippen molar-refractivity contribution in [2.45, 2.75) is 26.0 Å². The summed E-state index contributed by atoms with van der Waals surface area (Å²) in [6.45, 7) is 1.80. The predicted molar refractivity (Wildman–Crippen MR) is 102 cm³/mol. The number of carbonyl (C=O) groups is 2. The molecule has 0 radical (unpaired) electrons.